The average molecular weight is 435 g/mol. The standard InChI is InChI=1S/C20H26N4O3S2/c1-3-27-19(26)13-6-10-24(11-7-13)18(25)15-12-14-16(23-8-4-5-9-23)21-20(28-2)22-17(14)29-15/h12-13H,3-11H2,1-2H3. The molecule has 2 fully saturated rings. The van der Waals surface area contributed by atoms with E-state index >= 15 is 0 Å². The fourth-order valence-corrected chi connectivity index (χ4v) is 5.40. The molecule has 0 saturated carbocycles. The summed E-state index contributed by atoms with van der Waals surface area (Å²) in [5.74, 6) is 0.733. The van der Waals surface area contributed by atoms with E-state index in [1.807, 2.05) is 24.1 Å². The van der Waals surface area contributed by atoms with Crippen LogP contribution in [-0.2, 0) is 9.53 Å². The van der Waals surface area contributed by atoms with Crippen molar-refractivity contribution in [2.75, 3.05) is 43.9 Å². The van der Waals surface area contributed by atoms with E-state index in [2.05, 4.69) is 9.88 Å². The van der Waals surface area contributed by atoms with Crippen LogP contribution in [0.4, 0.5) is 5.82 Å². The largest absolute Gasteiger partial charge is 0.466 e. The number of esters is 1. The van der Waals surface area contributed by atoms with Gasteiger partial charge in [-0.3, -0.25) is 9.59 Å². The minimum Gasteiger partial charge on any atom is -0.466 e. The van der Waals surface area contributed by atoms with Crippen LogP contribution in [0, 0.1) is 5.92 Å². The highest BCUT2D eigenvalue weighted by Gasteiger charge is 2.30. The molecule has 4 heterocycles. The van der Waals surface area contributed by atoms with Gasteiger partial charge in [0.05, 0.1) is 22.8 Å². The molecule has 0 spiro atoms. The second-order valence-corrected chi connectivity index (χ2v) is 9.18. The van der Waals surface area contributed by atoms with Gasteiger partial charge in [0.2, 0.25) is 0 Å². The highest BCUT2D eigenvalue weighted by Crippen LogP contribution is 2.35. The second-order valence-electron chi connectivity index (χ2n) is 7.38. The molecule has 0 aliphatic carbocycles. The Bertz CT molecular complexity index is 903. The predicted octanol–water partition coefficient (Wildman–Crippen LogP) is 3.43. The zero-order valence-electron chi connectivity index (χ0n) is 16.8. The molecule has 0 unspecified atom stereocenters. The number of piperidine rings is 1. The maximum absolute atomic E-state index is 13.1. The van der Waals surface area contributed by atoms with Crippen molar-refractivity contribution < 1.29 is 14.3 Å². The van der Waals surface area contributed by atoms with Gasteiger partial charge in [-0.05, 0) is 44.9 Å². The molecular formula is C20H26N4O3S2. The molecule has 0 aromatic carbocycles. The van der Waals surface area contributed by atoms with Crippen molar-refractivity contribution in [3.63, 3.8) is 0 Å². The summed E-state index contributed by atoms with van der Waals surface area (Å²) in [5.41, 5.74) is 0. The number of hydrogen-bond acceptors (Lipinski definition) is 8. The van der Waals surface area contributed by atoms with Gasteiger partial charge in [-0.1, -0.05) is 11.8 Å². The average Bonchev–Trinajstić information content (AvgIpc) is 3.42. The summed E-state index contributed by atoms with van der Waals surface area (Å²) >= 11 is 2.97. The lowest BCUT2D eigenvalue weighted by atomic mass is 9.97. The number of carbonyl (C=O) groups is 2. The zero-order chi connectivity index (χ0) is 20.4. The van der Waals surface area contributed by atoms with Crippen molar-refractivity contribution in [2.45, 2.75) is 37.8 Å². The van der Waals surface area contributed by atoms with Crippen LogP contribution in [0.5, 0.6) is 0 Å². The summed E-state index contributed by atoms with van der Waals surface area (Å²) in [6.07, 6.45) is 5.63. The van der Waals surface area contributed by atoms with Gasteiger partial charge in [0, 0.05) is 26.2 Å². The van der Waals surface area contributed by atoms with Crippen molar-refractivity contribution in [1.82, 2.24) is 14.9 Å². The minimum atomic E-state index is -0.142. The summed E-state index contributed by atoms with van der Waals surface area (Å²) in [6.45, 7) is 5.38. The van der Waals surface area contributed by atoms with Gasteiger partial charge in [-0.25, -0.2) is 9.97 Å². The van der Waals surface area contributed by atoms with E-state index in [-0.39, 0.29) is 17.8 Å². The number of thioether (sulfide) groups is 1. The lowest BCUT2D eigenvalue weighted by molar-refractivity contribution is -0.149. The van der Waals surface area contributed by atoms with E-state index in [9.17, 15) is 9.59 Å². The molecule has 0 N–H and O–H groups in total. The molecule has 7 nitrogen and oxygen atoms in total. The third-order valence-corrected chi connectivity index (χ3v) is 7.12. The highest BCUT2D eigenvalue weighted by molar-refractivity contribution is 7.98. The molecule has 2 aromatic heterocycles. The molecule has 2 aliphatic heterocycles. The van der Waals surface area contributed by atoms with Crippen molar-refractivity contribution in [3.05, 3.63) is 10.9 Å². The molecule has 2 aromatic rings. The van der Waals surface area contributed by atoms with E-state index in [0.29, 0.717) is 37.4 Å². The number of rotatable bonds is 5. The van der Waals surface area contributed by atoms with Gasteiger partial charge in [-0.2, -0.15) is 0 Å². The van der Waals surface area contributed by atoms with Gasteiger partial charge >= 0.3 is 5.97 Å². The fraction of sp³-hybridized carbons (Fsp3) is 0.600. The van der Waals surface area contributed by atoms with E-state index in [1.165, 1.54) is 35.9 Å². The van der Waals surface area contributed by atoms with Crippen LogP contribution in [0.25, 0.3) is 10.2 Å². The third kappa shape index (κ3) is 4.21. The first-order chi connectivity index (χ1) is 14.1. The first-order valence-corrected chi connectivity index (χ1v) is 12.2. The summed E-state index contributed by atoms with van der Waals surface area (Å²) < 4.78 is 5.12. The molecular weight excluding hydrogens is 408 g/mol. The van der Waals surface area contributed by atoms with Gasteiger partial charge in [0.25, 0.3) is 5.91 Å². The Morgan fingerprint density at radius 1 is 1.21 bits per heavy atom. The Hall–Kier alpha value is -1.87. The van der Waals surface area contributed by atoms with Crippen molar-refractivity contribution in [3.8, 4) is 0 Å². The number of hydrogen-bond donors (Lipinski definition) is 0. The molecule has 29 heavy (non-hydrogen) atoms. The number of carbonyl (C=O) groups excluding carboxylic acids is 2. The molecule has 0 atom stereocenters. The number of anilines is 1. The number of aromatic nitrogens is 2. The summed E-state index contributed by atoms with van der Waals surface area (Å²) in [6, 6.07) is 1.96. The Labute approximate surface area is 178 Å². The molecule has 4 rings (SSSR count). The van der Waals surface area contributed by atoms with E-state index in [4.69, 9.17) is 9.72 Å². The molecule has 0 radical (unpaired) electrons. The molecule has 2 aliphatic rings. The van der Waals surface area contributed by atoms with Crippen molar-refractivity contribution >= 4 is 51.0 Å². The number of ether oxygens (including phenoxy) is 1. The maximum Gasteiger partial charge on any atom is 0.309 e. The van der Waals surface area contributed by atoms with Gasteiger partial charge < -0.3 is 14.5 Å². The Balaban J connectivity index is 1.54. The second kappa shape index (κ2) is 8.87. The number of nitrogens with zero attached hydrogens (tertiary/aromatic N) is 4. The van der Waals surface area contributed by atoms with Gasteiger partial charge in [0.1, 0.15) is 10.6 Å². The smallest absolute Gasteiger partial charge is 0.309 e. The number of likely N-dealkylation sites (tertiary alicyclic amines) is 1. The first kappa shape index (κ1) is 20.4. The van der Waals surface area contributed by atoms with Crippen LogP contribution < -0.4 is 4.90 Å². The molecule has 156 valence electrons. The molecule has 9 heteroatoms. The van der Waals surface area contributed by atoms with Crippen LogP contribution in [0.1, 0.15) is 42.3 Å². The SMILES string of the molecule is CCOC(=O)C1CCN(C(=O)c2cc3c(N4CCCC4)nc(SC)nc3s2)CC1. The van der Waals surface area contributed by atoms with Gasteiger partial charge in [0.15, 0.2) is 5.16 Å². The number of fused-ring (bicyclic) bond motifs is 1. The van der Waals surface area contributed by atoms with Crippen LogP contribution in [0.2, 0.25) is 0 Å². The van der Waals surface area contributed by atoms with Crippen LogP contribution in [-0.4, -0.2) is 65.8 Å². The summed E-state index contributed by atoms with van der Waals surface area (Å²) in [4.78, 5) is 40.2. The number of amides is 1. The summed E-state index contributed by atoms with van der Waals surface area (Å²) in [5, 5.41) is 1.72. The quantitative estimate of drug-likeness (QED) is 0.405. The van der Waals surface area contributed by atoms with Gasteiger partial charge in [-0.15, -0.1) is 11.3 Å². The molecule has 0 bridgehead atoms. The summed E-state index contributed by atoms with van der Waals surface area (Å²) in [7, 11) is 0. The lowest BCUT2D eigenvalue weighted by Gasteiger charge is -2.30. The van der Waals surface area contributed by atoms with Crippen LogP contribution in [0.3, 0.4) is 0 Å². The van der Waals surface area contributed by atoms with E-state index < -0.39 is 0 Å². The molecule has 2 saturated heterocycles. The highest BCUT2D eigenvalue weighted by atomic mass is 32.2. The predicted molar refractivity (Wildman–Crippen MR) is 116 cm³/mol. The van der Waals surface area contributed by atoms with Crippen LogP contribution >= 0.6 is 23.1 Å². The minimum absolute atomic E-state index is 0.0217. The van der Waals surface area contributed by atoms with Crippen molar-refractivity contribution in [2.24, 2.45) is 5.92 Å². The van der Waals surface area contributed by atoms with E-state index in [0.717, 1.165) is 34.3 Å². The maximum atomic E-state index is 13.1. The first-order valence-electron chi connectivity index (χ1n) is 10.2. The molecule has 1 amide bonds. The zero-order valence-corrected chi connectivity index (χ0v) is 18.5. The fourth-order valence-electron chi connectivity index (χ4n) is 3.99. The Kier molecular flexibility index (Phi) is 6.24. The topological polar surface area (TPSA) is 75.6 Å². The number of thiophene rings is 1. The van der Waals surface area contributed by atoms with E-state index in [1.54, 1.807) is 0 Å². The van der Waals surface area contributed by atoms with Crippen LogP contribution in [0.15, 0.2) is 11.2 Å². The van der Waals surface area contributed by atoms with Crippen molar-refractivity contribution in [1.29, 1.82) is 0 Å². The Morgan fingerprint density at radius 3 is 2.59 bits per heavy atom. The third-order valence-electron chi connectivity index (χ3n) is 5.55. The monoisotopic (exact) mass is 434 g/mol. The lowest BCUT2D eigenvalue weighted by Crippen LogP contribution is -2.40. The Morgan fingerprint density at radius 2 is 1.93 bits per heavy atom. The normalized spacial score (nSPS) is 17.9.